The second kappa shape index (κ2) is 16.6. The van der Waals surface area contributed by atoms with Gasteiger partial charge in [-0.05, 0) is 12.8 Å². The number of nitrogens with two attached hydrogens (primary N) is 1. The number of primary amides is 1. The molecule has 0 saturated carbocycles. The van der Waals surface area contributed by atoms with E-state index in [1.165, 1.54) is 38.5 Å². The number of carbonyl (C=O) groups is 3. The molecule has 0 spiro atoms. The number of nitrogens with one attached hydrogen (secondary N) is 1. The number of hydrogen-bond acceptors (Lipinski definition) is 3. The molecule has 0 aromatic rings. The lowest BCUT2D eigenvalue weighted by Crippen LogP contribution is -2.41. The summed E-state index contributed by atoms with van der Waals surface area (Å²) in [6, 6.07) is -1.03. The monoisotopic (exact) mass is 364 g/mol. The number of halogens is 1. The smallest absolute Gasteiger partial charge is 0.326 e. The van der Waals surface area contributed by atoms with E-state index >= 15 is 0 Å². The second-order valence-corrected chi connectivity index (χ2v) is 6.04. The molecule has 7 heteroatoms. The van der Waals surface area contributed by atoms with Gasteiger partial charge >= 0.3 is 5.97 Å². The third-order valence-electron chi connectivity index (χ3n) is 3.82. The number of carboxylic acid groups (broad SMARTS) is 1. The Kier molecular flexibility index (Phi) is 17.2. The summed E-state index contributed by atoms with van der Waals surface area (Å²) in [4.78, 5) is 33.4. The van der Waals surface area contributed by atoms with Crippen molar-refractivity contribution in [2.75, 3.05) is 0 Å². The number of hydrogen-bond donors (Lipinski definition) is 3. The van der Waals surface area contributed by atoms with Crippen LogP contribution in [0, 0.1) is 0 Å². The van der Waals surface area contributed by atoms with E-state index in [2.05, 4.69) is 12.2 Å². The minimum atomic E-state index is -1.13. The fraction of sp³-hybridized carbons (Fsp3) is 0.824. The average Bonchev–Trinajstić information content (AvgIpc) is 2.49. The van der Waals surface area contributed by atoms with Crippen LogP contribution in [0.2, 0.25) is 0 Å². The molecule has 0 aromatic carbocycles. The van der Waals surface area contributed by atoms with Crippen molar-refractivity contribution in [3.8, 4) is 0 Å². The quantitative estimate of drug-likeness (QED) is 0.387. The zero-order valence-electron chi connectivity index (χ0n) is 14.7. The van der Waals surface area contributed by atoms with Gasteiger partial charge in [-0.3, -0.25) is 9.59 Å². The number of amides is 2. The zero-order chi connectivity index (χ0) is 17.5. The predicted molar refractivity (Wildman–Crippen MR) is 97.1 cm³/mol. The van der Waals surface area contributed by atoms with E-state index in [1.807, 2.05) is 0 Å². The predicted octanol–water partition coefficient (Wildman–Crippen LogP) is 3.16. The van der Waals surface area contributed by atoms with Gasteiger partial charge in [-0.25, -0.2) is 4.79 Å². The van der Waals surface area contributed by atoms with Gasteiger partial charge in [0.15, 0.2) is 0 Å². The molecular formula is C17H33ClN2O4. The summed E-state index contributed by atoms with van der Waals surface area (Å²) in [5, 5.41) is 11.4. The van der Waals surface area contributed by atoms with Gasteiger partial charge in [-0.1, -0.05) is 58.3 Å². The second-order valence-electron chi connectivity index (χ2n) is 6.04. The number of carboxylic acids is 1. The lowest BCUT2D eigenvalue weighted by atomic mass is 10.1. The molecule has 4 N–H and O–H groups in total. The molecule has 0 rings (SSSR count). The molecule has 1 atom stereocenters. The van der Waals surface area contributed by atoms with Crippen LogP contribution >= 0.6 is 12.4 Å². The first-order valence-corrected chi connectivity index (χ1v) is 8.77. The highest BCUT2D eigenvalue weighted by atomic mass is 35.5. The lowest BCUT2D eigenvalue weighted by molar-refractivity contribution is -0.142. The highest BCUT2D eigenvalue weighted by molar-refractivity contribution is 5.85. The number of unbranched alkanes of at least 4 members (excludes halogenated alkanes) is 8. The SMILES string of the molecule is CCCCCCCCCCCC(=O)N[C@@H](CCC(N)=O)C(=O)O.Cl. The van der Waals surface area contributed by atoms with Crippen molar-refractivity contribution in [3.63, 3.8) is 0 Å². The van der Waals surface area contributed by atoms with Crippen LogP contribution in [0.15, 0.2) is 0 Å². The molecule has 0 aliphatic heterocycles. The summed E-state index contributed by atoms with van der Waals surface area (Å²) in [7, 11) is 0. The summed E-state index contributed by atoms with van der Waals surface area (Å²) in [5.41, 5.74) is 4.99. The van der Waals surface area contributed by atoms with E-state index in [4.69, 9.17) is 10.8 Å². The third-order valence-corrected chi connectivity index (χ3v) is 3.82. The maximum absolute atomic E-state index is 11.7. The van der Waals surface area contributed by atoms with Crippen molar-refractivity contribution in [1.82, 2.24) is 5.32 Å². The van der Waals surface area contributed by atoms with Gasteiger partial charge in [0.05, 0.1) is 0 Å². The van der Waals surface area contributed by atoms with E-state index in [0.29, 0.717) is 6.42 Å². The largest absolute Gasteiger partial charge is 0.480 e. The van der Waals surface area contributed by atoms with Crippen LogP contribution in [0.5, 0.6) is 0 Å². The Morgan fingerprint density at radius 1 is 0.917 bits per heavy atom. The van der Waals surface area contributed by atoms with Crippen LogP contribution in [-0.4, -0.2) is 28.9 Å². The Morgan fingerprint density at radius 3 is 1.88 bits per heavy atom. The summed E-state index contributed by atoms with van der Waals surface area (Å²) in [6.45, 7) is 2.20. The van der Waals surface area contributed by atoms with E-state index in [0.717, 1.165) is 19.3 Å². The van der Waals surface area contributed by atoms with Crippen molar-refractivity contribution in [1.29, 1.82) is 0 Å². The maximum Gasteiger partial charge on any atom is 0.326 e. The summed E-state index contributed by atoms with van der Waals surface area (Å²) in [6.07, 6.45) is 10.8. The average molecular weight is 365 g/mol. The molecule has 0 aromatic heterocycles. The number of aliphatic carboxylic acids is 1. The number of rotatable bonds is 15. The first-order chi connectivity index (χ1) is 11.0. The minimum Gasteiger partial charge on any atom is -0.480 e. The molecule has 0 aliphatic rings. The Balaban J connectivity index is 0. The molecule has 24 heavy (non-hydrogen) atoms. The molecule has 0 bridgehead atoms. The molecule has 0 radical (unpaired) electrons. The molecular weight excluding hydrogens is 332 g/mol. The molecule has 142 valence electrons. The van der Waals surface area contributed by atoms with Gasteiger partial charge in [0, 0.05) is 12.8 Å². The Morgan fingerprint density at radius 2 is 1.42 bits per heavy atom. The highest BCUT2D eigenvalue weighted by Gasteiger charge is 2.20. The van der Waals surface area contributed by atoms with Gasteiger partial charge in [0.25, 0.3) is 0 Å². The molecule has 2 amide bonds. The van der Waals surface area contributed by atoms with Gasteiger partial charge < -0.3 is 16.2 Å². The van der Waals surface area contributed by atoms with Crippen LogP contribution in [-0.2, 0) is 14.4 Å². The van der Waals surface area contributed by atoms with Crippen molar-refractivity contribution < 1.29 is 19.5 Å². The van der Waals surface area contributed by atoms with Crippen LogP contribution in [0.4, 0.5) is 0 Å². The van der Waals surface area contributed by atoms with E-state index in [1.54, 1.807) is 0 Å². The summed E-state index contributed by atoms with van der Waals surface area (Å²) >= 11 is 0. The zero-order valence-corrected chi connectivity index (χ0v) is 15.5. The van der Waals surface area contributed by atoms with Crippen molar-refractivity contribution in [2.45, 2.75) is 90.0 Å². The highest BCUT2D eigenvalue weighted by Crippen LogP contribution is 2.10. The molecule has 6 nitrogen and oxygen atoms in total. The standard InChI is InChI=1S/C17H32N2O4.ClH/c1-2-3-4-5-6-7-8-9-10-11-16(21)19-14(17(22)23)12-13-15(18)20;/h14H,2-13H2,1H3,(H2,18,20)(H,19,21)(H,22,23);1H/t14-;/m0./s1. The molecule has 0 fully saturated rings. The Labute approximate surface area is 151 Å². The van der Waals surface area contributed by atoms with Crippen molar-refractivity contribution in [3.05, 3.63) is 0 Å². The Bertz CT molecular complexity index is 364. The van der Waals surface area contributed by atoms with Crippen LogP contribution in [0.3, 0.4) is 0 Å². The Hall–Kier alpha value is -1.30. The van der Waals surface area contributed by atoms with Gasteiger partial charge in [-0.15, -0.1) is 12.4 Å². The van der Waals surface area contributed by atoms with Crippen LogP contribution in [0.25, 0.3) is 0 Å². The van der Waals surface area contributed by atoms with E-state index < -0.39 is 17.9 Å². The minimum absolute atomic E-state index is 0. The van der Waals surface area contributed by atoms with Crippen molar-refractivity contribution in [2.24, 2.45) is 5.73 Å². The first-order valence-electron chi connectivity index (χ1n) is 8.77. The van der Waals surface area contributed by atoms with Gasteiger partial charge in [0.1, 0.15) is 6.04 Å². The lowest BCUT2D eigenvalue weighted by Gasteiger charge is -2.13. The molecule has 0 unspecified atom stereocenters. The summed E-state index contributed by atoms with van der Waals surface area (Å²) in [5.74, 6) is -1.97. The fourth-order valence-corrected chi connectivity index (χ4v) is 2.41. The third kappa shape index (κ3) is 15.6. The van der Waals surface area contributed by atoms with E-state index in [-0.39, 0.29) is 31.2 Å². The van der Waals surface area contributed by atoms with Gasteiger partial charge in [0.2, 0.25) is 11.8 Å². The topological polar surface area (TPSA) is 109 Å². The van der Waals surface area contributed by atoms with Crippen molar-refractivity contribution >= 4 is 30.2 Å². The first kappa shape index (κ1) is 24.9. The van der Waals surface area contributed by atoms with Gasteiger partial charge in [-0.2, -0.15) is 0 Å². The molecule has 0 aliphatic carbocycles. The summed E-state index contributed by atoms with van der Waals surface area (Å²) < 4.78 is 0. The molecule has 0 heterocycles. The normalized spacial score (nSPS) is 11.4. The number of carbonyl (C=O) groups excluding carboxylic acids is 2. The van der Waals surface area contributed by atoms with Crippen LogP contribution in [0.1, 0.15) is 84.0 Å². The van der Waals surface area contributed by atoms with E-state index in [9.17, 15) is 14.4 Å². The fourth-order valence-electron chi connectivity index (χ4n) is 2.41. The van der Waals surface area contributed by atoms with Crippen LogP contribution < -0.4 is 11.1 Å². The maximum atomic E-state index is 11.7. The molecule has 0 saturated heterocycles.